The van der Waals surface area contributed by atoms with E-state index >= 15 is 0 Å². The number of benzene rings is 1. The van der Waals surface area contributed by atoms with Crippen molar-refractivity contribution in [1.29, 1.82) is 0 Å². The first-order chi connectivity index (χ1) is 15.2. The monoisotopic (exact) mass is 559 g/mol. The molecule has 176 valence electrons. The standard InChI is InChI=1S/C22H31F2N7.HI/c1-25-22(26-10-5-7-21-28-27-20-6-3-2-4-11-31(20)21)30-14-12-29(13-15-30)19-16-17(23)8-9-18(19)24;/h8-9,16H,2-7,10-15H2,1H3,(H,25,26);1H. The minimum atomic E-state index is -0.416. The van der Waals surface area contributed by atoms with Crippen molar-refractivity contribution in [3.63, 3.8) is 0 Å². The second-order valence-corrected chi connectivity index (χ2v) is 8.14. The van der Waals surface area contributed by atoms with Crippen LogP contribution in [0.25, 0.3) is 0 Å². The number of hydrogen-bond donors (Lipinski definition) is 1. The minimum absolute atomic E-state index is 0. The van der Waals surface area contributed by atoms with E-state index in [-0.39, 0.29) is 29.8 Å². The molecule has 4 rings (SSSR count). The number of piperazine rings is 1. The summed E-state index contributed by atoms with van der Waals surface area (Å²) < 4.78 is 29.9. The summed E-state index contributed by atoms with van der Waals surface area (Å²) >= 11 is 0. The molecule has 1 aromatic heterocycles. The normalized spacial score (nSPS) is 16.9. The van der Waals surface area contributed by atoms with Crippen molar-refractivity contribution >= 4 is 35.6 Å². The predicted molar refractivity (Wildman–Crippen MR) is 133 cm³/mol. The van der Waals surface area contributed by atoms with E-state index in [0.29, 0.717) is 31.9 Å². The number of aliphatic imine (C=N–C) groups is 1. The number of halogens is 3. The van der Waals surface area contributed by atoms with Crippen LogP contribution in [0.3, 0.4) is 0 Å². The van der Waals surface area contributed by atoms with Gasteiger partial charge in [-0.3, -0.25) is 4.99 Å². The molecule has 0 amide bonds. The van der Waals surface area contributed by atoms with E-state index in [1.165, 1.54) is 31.4 Å². The van der Waals surface area contributed by atoms with Gasteiger partial charge in [0.15, 0.2) is 5.96 Å². The number of fused-ring (bicyclic) bond motifs is 1. The average molecular weight is 559 g/mol. The lowest BCUT2D eigenvalue weighted by molar-refractivity contribution is 0.370. The molecule has 2 aliphatic heterocycles. The minimum Gasteiger partial charge on any atom is -0.366 e. The number of nitrogens with one attached hydrogen (secondary N) is 1. The summed E-state index contributed by atoms with van der Waals surface area (Å²) in [6, 6.07) is 3.60. The molecule has 1 saturated heterocycles. The van der Waals surface area contributed by atoms with Gasteiger partial charge in [-0.2, -0.15) is 0 Å². The van der Waals surface area contributed by atoms with Gasteiger partial charge in [-0.25, -0.2) is 8.78 Å². The number of hydrogen-bond acceptors (Lipinski definition) is 4. The van der Waals surface area contributed by atoms with Crippen LogP contribution in [0.5, 0.6) is 0 Å². The van der Waals surface area contributed by atoms with Crippen LogP contribution < -0.4 is 10.2 Å². The maximum absolute atomic E-state index is 14.1. The fourth-order valence-corrected chi connectivity index (χ4v) is 4.40. The first kappa shape index (κ1) is 24.7. The summed E-state index contributed by atoms with van der Waals surface area (Å²) in [5.74, 6) is 2.26. The van der Waals surface area contributed by atoms with Crippen molar-refractivity contribution in [2.45, 2.75) is 45.1 Å². The highest BCUT2D eigenvalue weighted by Gasteiger charge is 2.22. The number of aromatic nitrogens is 3. The predicted octanol–water partition coefficient (Wildman–Crippen LogP) is 3.23. The summed E-state index contributed by atoms with van der Waals surface area (Å²) in [5, 5.41) is 12.2. The topological polar surface area (TPSA) is 61.6 Å². The highest BCUT2D eigenvalue weighted by Crippen LogP contribution is 2.22. The number of anilines is 1. The molecule has 2 aliphatic rings. The van der Waals surface area contributed by atoms with Crippen molar-refractivity contribution in [2.75, 3.05) is 44.7 Å². The van der Waals surface area contributed by atoms with Gasteiger partial charge in [0, 0.05) is 65.2 Å². The SMILES string of the molecule is CN=C(NCCCc1nnc2n1CCCCC2)N1CCN(c2cc(F)ccc2F)CC1.I. The molecule has 7 nitrogen and oxygen atoms in total. The van der Waals surface area contributed by atoms with E-state index in [9.17, 15) is 8.78 Å². The fraction of sp³-hybridized carbons (Fsp3) is 0.591. The Labute approximate surface area is 205 Å². The van der Waals surface area contributed by atoms with Crippen molar-refractivity contribution in [3.05, 3.63) is 41.5 Å². The molecule has 0 aliphatic carbocycles. The second kappa shape index (κ2) is 11.8. The maximum Gasteiger partial charge on any atom is 0.193 e. The van der Waals surface area contributed by atoms with E-state index in [4.69, 9.17) is 0 Å². The largest absolute Gasteiger partial charge is 0.366 e. The molecular formula is C22H32F2IN7. The third-order valence-corrected chi connectivity index (χ3v) is 6.09. The number of nitrogens with zero attached hydrogens (tertiary/aromatic N) is 6. The van der Waals surface area contributed by atoms with Gasteiger partial charge in [0.2, 0.25) is 0 Å². The summed E-state index contributed by atoms with van der Waals surface area (Å²) in [5.41, 5.74) is 0.329. The number of guanidine groups is 1. The molecule has 0 unspecified atom stereocenters. The van der Waals surface area contributed by atoms with E-state index < -0.39 is 5.82 Å². The number of rotatable bonds is 5. The van der Waals surface area contributed by atoms with Crippen molar-refractivity contribution in [3.8, 4) is 0 Å². The highest BCUT2D eigenvalue weighted by molar-refractivity contribution is 14.0. The van der Waals surface area contributed by atoms with Gasteiger partial charge in [-0.1, -0.05) is 6.42 Å². The zero-order chi connectivity index (χ0) is 21.6. The van der Waals surface area contributed by atoms with Crippen LogP contribution in [0.1, 0.15) is 37.3 Å². The summed E-state index contributed by atoms with van der Waals surface area (Å²) in [4.78, 5) is 8.46. The summed E-state index contributed by atoms with van der Waals surface area (Å²) in [6.07, 6.45) is 6.54. The molecule has 10 heteroatoms. The van der Waals surface area contributed by atoms with E-state index in [1.807, 2.05) is 4.90 Å². The summed E-state index contributed by atoms with van der Waals surface area (Å²) in [7, 11) is 1.78. The molecule has 2 aromatic rings. The zero-order valence-corrected chi connectivity index (χ0v) is 20.9. The Balaban J connectivity index is 0.00000289. The van der Waals surface area contributed by atoms with Gasteiger partial charge in [-0.15, -0.1) is 34.2 Å². The number of aryl methyl sites for hydroxylation is 2. The lowest BCUT2D eigenvalue weighted by Crippen LogP contribution is -2.52. The quantitative estimate of drug-likeness (QED) is 0.264. The van der Waals surface area contributed by atoms with Gasteiger partial charge >= 0.3 is 0 Å². The first-order valence-electron chi connectivity index (χ1n) is 11.2. The third kappa shape index (κ3) is 5.87. The Kier molecular flexibility index (Phi) is 9.06. The average Bonchev–Trinajstić information content (AvgIpc) is 3.01. The first-order valence-corrected chi connectivity index (χ1v) is 11.2. The molecule has 0 bridgehead atoms. The zero-order valence-electron chi connectivity index (χ0n) is 18.6. The highest BCUT2D eigenvalue weighted by atomic mass is 127. The van der Waals surface area contributed by atoms with Crippen LogP contribution in [0.15, 0.2) is 23.2 Å². The van der Waals surface area contributed by atoms with Crippen LogP contribution >= 0.6 is 24.0 Å². The molecule has 1 fully saturated rings. The van der Waals surface area contributed by atoms with Gasteiger partial charge < -0.3 is 19.7 Å². The van der Waals surface area contributed by atoms with Crippen molar-refractivity contribution < 1.29 is 8.78 Å². The molecule has 0 spiro atoms. The summed E-state index contributed by atoms with van der Waals surface area (Å²) in [6.45, 7) is 4.47. The Bertz CT molecular complexity index is 910. The Morgan fingerprint density at radius 2 is 1.88 bits per heavy atom. The molecular weight excluding hydrogens is 527 g/mol. The van der Waals surface area contributed by atoms with Crippen LogP contribution in [0.2, 0.25) is 0 Å². The van der Waals surface area contributed by atoms with Crippen molar-refractivity contribution in [2.24, 2.45) is 4.99 Å². The second-order valence-electron chi connectivity index (χ2n) is 8.14. The Morgan fingerprint density at radius 3 is 2.66 bits per heavy atom. The third-order valence-electron chi connectivity index (χ3n) is 6.09. The van der Waals surface area contributed by atoms with Gasteiger partial charge in [0.25, 0.3) is 0 Å². The molecule has 1 N–H and O–H groups in total. The Hall–Kier alpha value is -1.98. The maximum atomic E-state index is 14.1. The van der Waals surface area contributed by atoms with Gasteiger partial charge in [0.05, 0.1) is 5.69 Å². The lowest BCUT2D eigenvalue weighted by atomic mass is 10.2. The molecule has 1 aromatic carbocycles. The van der Waals surface area contributed by atoms with E-state index in [2.05, 4.69) is 30.0 Å². The van der Waals surface area contributed by atoms with E-state index in [1.54, 1.807) is 7.05 Å². The van der Waals surface area contributed by atoms with Gasteiger partial charge in [-0.05, 0) is 31.4 Å². The van der Waals surface area contributed by atoms with Crippen LogP contribution in [-0.4, -0.2) is 65.4 Å². The lowest BCUT2D eigenvalue weighted by Gasteiger charge is -2.37. The molecule has 0 atom stereocenters. The molecule has 0 saturated carbocycles. The van der Waals surface area contributed by atoms with Crippen LogP contribution in [0.4, 0.5) is 14.5 Å². The van der Waals surface area contributed by atoms with Crippen molar-refractivity contribution in [1.82, 2.24) is 25.0 Å². The smallest absolute Gasteiger partial charge is 0.193 e. The Morgan fingerprint density at radius 1 is 1.06 bits per heavy atom. The molecule has 3 heterocycles. The molecule has 0 radical (unpaired) electrons. The fourth-order valence-electron chi connectivity index (χ4n) is 4.40. The van der Waals surface area contributed by atoms with Gasteiger partial charge in [0.1, 0.15) is 23.3 Å². The van der Waals surface area contributed by atoms with Crippen LogP contribution in [-0.2, 0) is 19.4 Å². The molecule has 32 heavy (non-hydrogen) atoms. The van der Waals surface area contributed by atoms with Crippen LogP contribution in [0, 0.1) is 11.6 Å². The van der Waals surface area contributed by atoms with E-state index in [0.717, 1.165) is 56.0 Å².